The van der Waals surface area contributed by atoms with E-state index in [-0.39, 0.29) is 18.9 Å². The number of ketones is 1. The molecule has 0 aliphatic rings. The van der Waals surface area contributed by atoms with Crippen LogP contribution in [-0.4, -0.2) is 42.0 Å². The summed E-state index contributed by atoms with van der Waals surface area (Å²) in [5, 5.41) is 8.86. The van der Waals surface area contributed by atoms with Crippen LogP contribution in [0.1, 0.15) is 22.8 Å². The Balaban J connectivity index is 3.03. The molecule has 0 aliphatic carbocycles. The highest BCUT2D eigenvalue weighted by atomic mass is 16.5. The van der Waals surface area contributed by atoms with E-state index < -0.39 is 5.97 Å². The fourth-order valence-electron chi connectivity index (χ4n) is 1.85. The molecule has 1 aromatic rings. The van der Waals surface area contributed by atoms with Crippen LogP contribution in [0.15, 0.2) is 18.2 Å². The number of terminal acetylenes is 1. The van der Waals surface area contributed by atoms with Gasteiger partial charge in [0, 0.05) is 17.7 Å². The van der Waals surface area contributed by atoms with E-state index in [1.807, 2.05) is 0 Å². The van der Waals surface area contributed by atoms with Gasteiger partial charge in [-0.1, -0.05) is 5.92 Å². The summed E-state index contributed by atoms with van der Waals surface area (Å²) in [7, 11) is 1.52. The average Bonchev–Trinajstić information content (AvgIpc) is 2.38. The molecule has 0 aromatic heterocycles. The second-order valence-corrected chi connectivity index (χ2v) is 4.33. The second-order valence-electron chi connectivity index (χ2n) is 4.33. The van der Waals surface area contributed by atoms with Crippen LogP contribution in [0.4, 0.5) is 0 Å². The molecule has 0 spiro atoms. The molecule has 0 saturated carbocycles. The first kappa shape index (κ1) is 15.7. The van der Waals surface area contributed by atoms with Gasteiger partial charge in [0.25, 0.3) is 0 Å². The molecule has 0 saturated heterocycles. The minimum absolute atomic E-state index is 0.0596. The number of carbonyl (C=O) groups excluding carboxylic acids is 1. The van der Waals surface area contributed by atoms with Gasteiger partial charge >= 0.3 is 5.97 Å². The summed E-state index contributed by atoms with van der Waals surface area (Å²) in [6, 6.07) is 5.07. The van der Waals surface area contributed by atoms with E-state index in [4.69, 9.17) is 16.3 Å². The molecular formula is C15H17NO4. The Kier molecular flexibility index (Phi) is 5.75. The second kappa shape index (κ2) is 7.31. The third-order valence-electron chi connectivity index (χ3n) is 2.75. The zero-order chi connectivity index (χ0) is 15.1. The highest BCUT2D eigenvalue weighted by Gasteiger charge is 2.13. The van der Waals surface area contributed by atoms with Crippen LogP contribution in [0.25, 0.3) is 0 Å². The average molecular weight is 275 g/mol. The molecule has 0 unspecified atom stereocenters. The summed E-state index contributed by atoms with van der Waals surface area (Å²) >= 11 is 0. The van der Waals surface area contributed by atoms with E-state index in [9.17, 15) is 9.59 Å². The van der Waals surface area contributed by atoms with Crippen molar-refractivity contribution in [3.63, 3.8) is 0 Å². The number of hydrogen-bond donors (Lipinski definition) is 1. The number of carboxylic acid groups (broad SMARTS) is 1. The number of rotatable bonds is 7. The Morgan fingerprint density at radius 2 is 2.15 bits per heavy atom. The number of aliphatic carboxylic acids is 1. The van der Waals surface area contributed by atoms with Gasteiger partial charge in [-0.2, -0.15) is 0 Å². The van der Waals surface area contributed by atoms with Gasteiger partial charge in [0.15, 0.2) is 5.78 Å². The minimum atomic E-state index is -0.957. The number of methoxy groups -OCH3 is 1. The minimum Gasteiger partial charge on any atom is -0.496 e. The van der Waals surface area contributed by atoms with E-state index >= 15 is 0 Å². The molecule has 106 valence electrons. The lowest BCUT2D eigenvalue weighted by molar-refractivity contribution is -0.138. The van der Waals surface area contributed by atoms with Crippen LogP contribution in [0.2, 0.25) is 0 Å². The Bertz CT molecular complexity index is 545. The van der Waals surface area contributed by atoms with Gasteiger partial charge < -0.3 is 9.84 Å². The van der Waals surface area contributed by atoms with Gasteiger partial charge in [0.2, 0.25) is 0 Å². The summed E-state index contributed by atoms with van der Waals surface area (Å²) < 4.78 is 5.23. The predicted molar refractivity (Wildman–Crippen MR) is 74.7 cm³/mol. The largest absolute Gasteiger partial charge is 0.496 e. The van der Waals surface area contributed by atoms with Crippen molar-refractivity contribution in [2.24, 2.45) is 0 Å². The lowest BCUT2D eigenvalue weighted by atomic mass is 10.1. The standard InChI is InChI=1S/C15H17NO4/c1-4-7-16(10-15(18)19)9-13-8-12(11(2)17)5-6-14(13)20-3/h1,5-6,8H,7,9-10H2,2-3H3,(H,18,19). The zero-order valence-electron chi connectivity index (χ0n) is 11.5. The van der Waals surface area contributed by atoms with Gasteiger partial charge in [-0.3, -0.25) is 14.5 Å². The maximum atomic E-state index is 11.4. The quantitative estimate of drug-likeness (QED) is 0.602. The molecule has 5 heteroatoms. The lowest BCUT2D eigenvalue weighted by Gasteiger charge is -2.19. The first-order valence-electron chi connectivity index (χ1n) is 6.03. The number of Topliss-reactive ketones (excluding diaryl/α,β-unsaturated/α-hetero) is 1. The third kappa shape index (κ3) is 4.41. The Morgan fingerprint density at radius 1 is 1.45 bits per heavy atom. The van der Waals surface area contributed by atoms with Crippen LogP contribution in [0.5, 0.6) is 5.75 Å². The number of carboxylic acids is 1. The molecule has 20 heavy (non-hydrogen) atoms. The Hall–Kier alpha value is -2.32. The first-order chi connectivity index (χ1) is 9.47. The Morgan fingerprint density at radius 3 is 2.65 bits per heavy atom. The van der Waals surface area contributed by atoms with E-state index in [0.717, 1.165) is 5.56 Å². The molecule has 0 aliphatic heterocycles. The van der Waals surface area contributed by atoms with Crippen LogP contribution in [0, 0.1) is 12.3 Å². The smallest absolute Gasteiger partial charge is 0.317 e. The topological polar surface area (TPSA) is 66.8 Å². The number of ether oxygens (including phenoxy) is 1. The third-order valence-corrected chi connectivity index (χ3v) is 2.75. The van der Waals surface area contributed by atoms with Crippen molar-refractivity contribution >= 4 is 11.8 Å². The van der Waals surface area contributed by atoms with E-state index in [1.165, 1.54) is 14.0 Å². The predicted octanol–water partition coefficient (Wildman–Crippen LogP) is 1.42. The number of benzene rings is 1. The van der Waals surface area contributed by atoms with Crippen LogP contribution in [-0.2, 0) is 11.3 Å². The maximum Gasteiger partial charge on any atom is 0.317 e. The summed E-state index contributed by atoms with van der Waals surface area (Å²) in [5.74, 6) is 2.01. The van der Waals surface area contributed by atoms with E-state index in [1.54, 1.807) is 23.1 Å². The highest BCUT2D eigenvalue weighted by Crippen LogP contribution is 2.22. The monoisotopic (exact) mass is 275 g/mol. The van der Waals surface area contributed by atoms with Crippen molar-refractivity contribution in [3.8, 4) is 18.1 Å². The van der Waals surface area contributed by atoms with Crippen molar-refractivity contribution in [1.82, 2.24) is 4.90 Å². The van der Waals surface area contributed by atoms with Gasteiger partial charge in [-0.25, -0.2) is 0 Å². The lowest BCUT2D eigenvalue weighted by Crippen LogP contribution is -2.29. The van der Waals surface area contributed by atoms with Crippen LogP contribution < -0.4 is 4.74 Å². The van der Waals surface area contributed by atoms with Crippen molar-refractivity contribution in [2.75, 3.05) is 20.2 Å². The van der Waals surface area contributed by atoms with Crippen molar-refractivity contribution in [3.05, 3.63) is 29.3 Å². The molecule has 0 heterocycles. The summed E-state index contributed by atoms with van der Waals surface area (Å²) in [5.41, 5.74) is 1.29. The van der Waals surface area contributed by atoms with Gasteiger partial charge in [0.1, 0.15) is 5.75 Å². The molecule has 0 atom stereocenters. The SMILES string of the molecule is C#CCN(CC(=O)O)Cc1cc(C(C)=O)ccc1OC. The molecule has 1 N–H and O–H groups in total. The first-order valence-corrected chi connectivity index (χ1v) is 6.03. The van der Waals surface area contributed by atoms with Crippen molar-refractivity contribution in [2.45, 2.75) is 13.5 Å². The molecular weight excluding hydrogens is 258 g/mol. The molecule has 0 radical (unpaired) electrons. The van der Waals surface area contributed by atoms with Gasteiger partial charge in [-0.05, 0) is 25.1 Å². The summed E-state index contributed by atoms with van der Waals surface area (Å²) in [4.78, 5) is 23.8. The van der Waals surface area contributed by atoms with E-state index in [2.05, 4.69) is 5.92 Å². The molecule has 0 bridgehead atoms. The van der Waals surface area contributed by atoms with Crippen molar-refractivity contribution < 1.29 is 19.4 Å². The highest BCUT2D eigenvalue weighted by molar-refractivity contribution is 5.94. The van der Waals surface area contributed by atoms with Crippen LogP contribution >= 0.6 is 0 Å². The summed E-state index contributed by atoms with van der Waals surface area (Å²) in [6.07, 6.45) is 5.24. The van der Waals surface area contributed by atoms with Gasteiger partial charge in [-0.15, -0.1) is 6.42 Å². The fourth-order valence-corrected chi connectivity index (χ4v) is 1.85. The molecule has 0 fully saturated rings. The maximum absolute atomic E-state index is 11.4. The van der Waals surface area contributed by atoms with Crippen LogP contribution in [0.3, 0.4) is 0 Å². The zero-order valence-corrected chi connectivity index (χ0v) is 11.5. The molecule has 0 amide bonds. The fraction of sp³-hybridized carbons (Fsp3) is 0.333. The normalized spacial score (nSPS) is 10.1. The van der Waals surface area contributed by atoms with Gasteiger partial charge in [0.05, 0.1) is 20.2 Å². The van der Waals surface area contributed by atoms with E-state index in [0.29, 0.717) is 17.9 Å². The molecule has 5 nitrogen and oxygen atoms in total. The number of hydrogen-bond acceptors (Lipinski definition) is 4. The molecule has 1 rings (SSSR count). The van der Waals surface area contributed by atoms with Crippen molar-refractivity contribution in [1.29, 1.82) is 0 Å². The molecule has 1 aromatic carbocycles. The summed E-state index contributed by atoms with van der Waals surface area (Å²) in [6.45, 7) is 1.82. The Labute approximate surface area is 118 Å². The number of nitrogens with zero attached hydrogens (tertiary/aromatic N) is 1. The number of carbonyl (C=O) groups is 2.